The van der Waals surface area contributed by atoms with Crippen molar-refractivity contribution in [3.8, 4) is 0 Å². The third kappa shape index (κ3) is 4.26. The molecule has 28 heavy (non-hydrogen) atoms. The molecule has 1 aliphatic rings. The largest absolute Gasteiger partial charge is 0.481 e. The maximum atomic E-state index is 13.2. The van der Waals surface area contributed by atoms with E-state index >= 15 is 0 Å². The summed E-state index contributed by atoms with van der Waals surface area (Å²) in [6.07, 6.45) is -0.573. The van der Waals surface area contributed by atoms with Crippen LogP contribution in [0.3, 0.4) is 0 Å². The molecule has 0 unspecified atom stereocenters. The van der Waals surface area contributed by atoms with Crippen LogP contribution < -0.4 is 0 Å². The first-order valence-corrected chi connectivity index (χ1v) is 9.09. The summed E-state index contributed by atoms with van der Waals surface area (Å²) in [5.41, 5.74) is 3.24. The van der Waals surface area contributed by atoms with Gasteiger partial charge < -0.3 is 14.9 Å². The second kappa shape index (κ2) is 8.58. The molecule has 0 bridgehead atoms. The van der Waals surface area contributed by atoms with Crippen LogP contribution in [0.2, 0.25) is 0 Å². The molecule has 7 heteroatoms. The smallest absolute Gasteiger partial charge is 0.218 e. The Kier molecular flexibility index (Phi) is 6.16. The fourth-order valence-electron chi connectivity index (χ4n) is 3.51. The summed E-state index contributed by atoms with van der Waals surface area (Å²) in [6.45, 7) is 1.75. The van der Waals surface area contributed by atoms with E-state index < -0.39 is 12.0 Å². The molecule has 0 fully saturated rings. The van der Waals surface area contributed by atoms with Crippen molar-refractivity contribution >= 4 is 11.7 Å². The molecule has 1 aromatic carbocycles. The van der Waals surface area contributed by atoms with Crippen molar-refractivity contribution in [1.82, 2.24) is 4.98 Å². The number of Topliss-reactive ketones (excluding diaryl/α,β-unsaturated/α-hetero) is 1. The first kappa shape index (κ1) is 20.1. The predicted molar refractivity (Wildman–Crippen MR) is 102 cm³/mol. The van der Waals surface area contributed by atoms with Gasteiger partial charge in [-0.3, -0.25) is 9.78 Å². The number of halogens is 1. The number of aromatic nitrogens is 1. The molecule has 3 rings (SSSR count). The minimum atomic E-state index is -0.756. The van der Waals surface area contributed by atoms with Gasteiger partial charge in [-0.2, -0.15) is 0 Å². The summed E-state index contributed by atoms with van der Waals surface area (Å²) in [5, 5.41) is 19.7. The van der Waals surface area contributed by atoms with E-state index in [1.165, 1.54) is 19.2 Å². The fourth-order valence-corrected chi connectivity index (χ4v) is 3.51. The van der Waals surface area contributed by atoms with E-state index in [9.17, 15) is 19.4 Å². The van der Waals surface area contributed by atoms with Crippen molar-refractivity contribution in [2.45, 2.75) is 44.9 Å². The number of fused-ring (bicyclic) bond motifs is 1. The van der Waals surface area contributed by atoms with Gasteiger partial charge in [0.05, 0.1) is 37.6 Å². The van der Waals surface area contributed by atoms with Gasteiger partial charge >= 0.3 is 0 Å². The first-order chi connectivity index (χ1) is 13.4. The molecule has 1 aliphatic heterocycles. The summed E-state index contributed by atoms with van der Waals surface area (Å²) in [6, 6.07) is 7.61. The molecule has 2 N–H and O–H groups in total. The molecule has 0 radical (unpaired) electrons. The number of ether oxygens (including phenoxy) is 1. The summed E-state index contributed by atoms with van der Waals surface area (Å²) in [7, 11) is 1.51. The van der Waals surface area contributed by atoms with Gasteiger partial charge in [-0.15, -0.1) is 0 Å². The van der Waals surface area contributed by atoms with E-state index in [0.717, 1.165) is 5.56 Å². The summed E-state index contributed by atoms with van der Waals surface area (Å²) >= 11 is 0. The Hall–Kier alpha value is -2.64. The van der Waals surface area contributed by atoms with Gasteiger partial charge in [0.2, 0.25) is 5.90 Å². The summed E-state index contributed by atoms with van der Waals surface area (Å²) in [4.78, 5) is 21.3. The number of methoxy groups -OCH3 is 1. The number of carbonyl (C=O) groups is 1. The van der Waals surface area contributed by atoms with Crippen LogP contribution in [0.5, 0.6) is 0 Å². The fraction of sp³-hybridized carbons (Fsp3) is 0.381. The molecule has 0 saturated carbocycles. The number of hydrogen-bond acceptors (Lipinski definition) is 6. The summed E-state index contributed by atoms with van der Waals surface area (Å²) < 4.78 is 18.4. The quantitative estimate of drug-likeness (QED) is 0.762. The minimum Gasteiger partial charge on any atom is -0.481 e. The molecule has 2 heterocycles. The standard InChI is InChI=1S/C21H23FN2O4/c1-12(26)18(13-3-5-15(22)6-4-13)9-17(27)8-16-7-14-10-23-21(28-2)20(14)19(11-25)24-16/h3-7,12,18,25-26H,8-11H2,1-2H3/t12-,18+/m0/s1. The lowest BCUT2D eigenvalue weighted by Gasteiger charge is -2.20. The highest BCUT2D eigenvalue weighted by molar-refractivity contribution is 5.98. The Morgan fingerprint density at radius 3 is 2.64 bits per heavy atom. The van der Waals surface area contributed by atoms with Gasteiger partial charge in [0.15, 0.2) is 0 Å². The summed E-state index contributed by atoms with van der Waals surface area (Å²) in [5.74, 6) is -0.452. The van der Waals surface area contributed by atoms with Crippen molar-refractivity contribution in [1.29, 1.82) is 0 Å². The van der Waals surface area contributed by atoms with Gasteiger partial charge in [-0.1, -0.05) is 12.1 Å². The van der Waals surface area contributed by atoms with E-state index in [1.54, 1.807) is 25.1 Å². The molecular formula is C21H23FN2O4. The second-order valence-corrected chi connectivity index (χ2v) is 6.90. The van der Waals surface area contributed by atoms with Crippen LogP contribution in [-0.4, -0.2) is 40.1 Å². The van der Waals surface area contributed by atoms with Crippen LogP contribution in [0.4, 0.5) is 4.39 Å². The number of rotatable bonds is 7. The van der Waals surface area contributed by atoms with E-state index in [2.05, 4.69) is 9.98 Å². The Bertz CT molecular complexity index is 894. The zero-order valence-corrected chi connectivity index (χ0v) is 15.9. The zero-order chi connectivity index (χ0) is 20.3. The first-order valence-electron chi connectivity index (χ1n) is 9.09. The van der Waals surface area contributed by atoms with Crippen LogP contribution >= 0.6 is 0 Å². The third-order valence-corrected chi connectivity index (χ3v) is 4.89. The minimum absolute atomic E-state index is 0.0764. The number of carbonyl (C=O) groups excluding carboxylic acids is 1. The third-order valence-electron chi connectivity index (χ3n) is 4.89. The van der Waals surface area contributed by atoms with Crippen LogP contribution in [0.25, 0.3) is 0 Å². The number of hydrogen-bond donors (Lipinski definition) is 2. The van der Waals surface area contributed by atoms with Crippen molar-refractivity contribution in [2.75, 3.05) is 7.11 Å². The molecule has 0 spiro atoms. The topological polar surface area (TPSA) is 92.0 Å². The number of nitrogens with zero attached hydrogens (tertiary/aromatic N) is 2. The van der Waals surface area contributed by atoms with E-state index in [-0.39, 0.29) is 31.0 Å². The maximum Gasteiger partial charge on any atom is 0.218 e. The van der Waals surface area contributed by atoms with E-state index in [0.29, 0.717) is 35.0 Å². The van der Waals surface area contributed by atoms with Crippen LogP contribution in [0, 0.1) is 5.82 Å². The molecule has 0 aliphatic carbocycles. The Balaban J connectivity index is 1.76. The number of aliphatic imine (C=N–C) groups is 1. The number of aliphatic hydroxyl groups is 2. The average molecular weight is 386 g/mol. The van der Waals surface area contributed by atoms with Crippen molar-refractivity contribution in [3.05, 3.63) is 64.2 Å². The van der Waals surface area contributed by atoms with Gasteiger partial charge in [0.1, 0.15) is 11.6 Å². The lowest BCUT2D eigenvalue weighted by Crippen LogP contribution is -2.20. The van der Waals surface area contributed by atoms with Gasteiger partial charge in [0.25, 0.3) is 0 Å². The average Bonchev–Trinajstić information content (AvgIpc) is 3.09. The number of benzene rings is 1. The molecule has 0 amide bonds. The van der Waals surface area contributed by atoms with E-state index in [4.69, 9.17) is 4.74 Å². The van der Waals surface area contributed by atoms with Crippen molar-refractivity contribution < 1.29 is 24.1 Å². The normalized spacial score (nSPS) is 15.0. The lowest BCUT2D eigenvalue weighted by molar-refractivity contribution is -0.119. The highest BCUT2D eigenvalue weighted by atomic mass is 19.1. The highest BCUT2D eigenvalue weighted by Crippen LogP contribution is 2.27. The second-order valence-electron chi connectivity index (χ2n) is 6.90. The van der Waals surface area contributed by atoms with Crippen molar-refractivity contribution in [2.24, 2.45) is 4.99 Å². The zero-order valence-electron chi connectivity index (χ0n) is 15.9. The van der Waals surface area contributed by atoms with Crippen molar-refractivity contribution in [3.63, 3.8) is 0 Å². The molecule has 148 valence electrons. The molecule has 1 aromatic heterocycles. The van der Waals surface area contributed by atoms with Crippen LogP contribution in [-0.2, 0) is 29.1 Å². The Labute approximate surface area is 162 Å². The molecule has 2 aromatic rings. The van der Waals surface area contributed by atoms with Gasteiger partial charge in [0, 0.05) is 24.5 Å². The molecule has 0 saturated heterocycles. The monoisotopic (exact) mass is 386 g/mol. The molecule has 6 nitrogen and oxygen atoms in total. The predicted octanol–water partition coefficient (Wildman–Crippen LogP) is 2.29. The maximum absolute atomic E-state index is 13.2. The number of aliphatic hydroxyl groups excluding tert-OH is 2. The lowest BCUT2D eigenvalue weighted by atomic mass is 9.88. The van der Waals surface area contributed by atoms with Gasteiger partial charge in [-0.05, 0) is 36.2 Å². The Morgan fingerprint density at radius 1 is 1.32 bits per heavy atom. The molecule has 2 atom stereocenters. The number of pyridine rings is 1. The van der Waals surface area contributed by atoms with Gasteiger partial charge in [-0.25, -0.2) is 9.38 Å². The van der Waals surface area contributed by atoms with E-state index in [1.807, 2.05) is 0 Å². The van der Waals surface area contributed by atoms with Crippen LogP contribution in [0.1, 0.15) is 47.3 Å². The Morgan fingerprint density at radius 2 is 2.04 bits per heavy atom. The number of ketones is 1. The van der Waals surface area contributed by atoms with Crippen LogP contribution in [0.15, 0.2) is 35.3 Å². The molecular weight excluding hydrogens is 363 g/mol. The highest BCUT2D eigenvalue weighted by Gasteiger charge is 2.25. The SMILES string of the molecule is COC1=NCc2cc(CC(=O)C[C@@H](c3ccc(F)cc3)[C@H](C)O)nc(CO)c21.